The van der Waals surface area contributed by atoms with Gasteiger partial charge >= 0.3 is 0 Å². The van der Waals surface area contributed by atoms with E-state index in [4.69, 9.17) is 15.2 Å². The van der Waals surface area contributed by atoms with Crippen molar-refractivity contribution in [1.82, 2.24) is 24.7 Å². The Labute approximate surface area is 210 Å². The summed E-state index contributed by atoms with van der Waals surface area (Å²) in [5.41, 5.74) is 7.82. The van der Waals surface area contributed by atoms with Crippen LogP contribution in [0.25, 0.3) is 22.4 Å². The van der Waals surface area contributed by atoms with E-state index in [9.17, 15) is 8.78 Å². The fourth-order valence-electron chi connectivity index (χ4n) is 3.98. The van der Waals surface area contributed by atoms with Gasteiger partial charge in [-0.15, -0.1) is 0 Å². The van der Waals surface area contributed by atoms with Crippen LogP contribution in [0, 0.1) is 11.6 Å². The number of ether oxygens (including phenoxy) is 2. The summed E-state index contributed by atoms with van der Waals surface area (Å²) in [4.78, 5) is 13.0. The van der Waals surface area contributed by atoms with E-state index in [-0.39, 0.29) is 35.2 Å². The first-order valence-electron chi connectivity index (χ1n) is 11.4. The minimum Gasteiger partial charge on any atom is -0.494 e. The Morgan fingerprint density at radius 1 is 1.03 bits per heavy atom. The van der Waals surface area contributed by atoms with Crippen molar-refractivity contribution in [3.8, 4) is 23.0 Å². The fraction of sp³-hybridized carbons (Fsp3) is 0.154. The monoisotopic (exact) mass is 503 g/mol. The average Bonchev–Trinajstić information content (AvgIpc) is 3.25. The van der Waals surface area contributed by atoms with E-state index in [0.717, 1.165) is 0 Å². The molecule has 2 aromatic carbocycles. The maximum Gasteiger partial charge on any atom is 0.204 e. The Morgan fingerprint density at radius 2 is 1.76 bits per heavy atom. The number of nitrogen functional groups attached to an aromatic ring is 1. The largest absolute Gasteiger partial charge is 0.494 e. The number of hydrogen-bond acceptors (Lipinski definition) is 8. The van der Waals surface area contributed by atoms with E-state index in [2.05, 4.69) is 25.4 Å². The van der Waals surface area contributed by atoms with Crippen LogP contribution in [0.3, 0.4) is 0 Å². The van der Waals surface area contributed by atoms with Gasteiger partial charge in [0.2, 0.25) is 5.75 Å². The number of anilines is 3. The molecule has 0 radical (unpaired) electrons. The normalized spacial score (nSPS) is 11.0. The second kappa shape index (κ2) is 10.1. The lowest BCUT2D eigenvalue weighted by Gasteiger charge is -2.13. The zero-order valence-electron chi connectivity index (χ0n) is 20.1. The summed E-state index contributed by atoms with van der Waals surface area (Å²) in [6, 6.07) is 13.1. The Balaban J connectivity index is 1.60. The van der Waals surface area contributed by atoms with Gasteiger partial charge in [-0.2, -0.15) is 5.10 Å². The molecule has 0 bridgehead atoms. The Bertz CT molecular complexity index is 1550. The molecule has 0 aliphatic rings. The lowest BCUT2D eigenvalue weighted by atomic mass is 10.1. The van der Waals surface area contributed by atoms with Crippen LogP contribution in [0.15, 0.2) is 60.9 Å². The summed E-state index contributed by atoms with van der Waals surface area (Å²) >= 11 is 0. The van der Waals surface area contributed by atoms with Gasteiger partial charge in [-0.1, -0.05) is 18.2 Å². The highest BCUT2D eigenvalue weighted by Gasteiger charge is 2.21. The standard InChI is InChI=1S/C26H23F2N7O2/c1-3-37-16-12-19(27)18(20(28)13-16)14-35-21-7-5-4-6-17(21)22(34-35)25-32-24(29)23(36-2)26(33-25)31-15-8-10-30-11-9-15/h4-13H,3,14H2,1-2H3,(H3,29,30,31,32,33). The quantitative estimate of drug-likeness (QED) is 0.306. The molecule has 188 valence electrons. The number of nitrogens with one attached hydrogen (secondary N) is 1. The van der Waals surface area contributed by atoms with Gasteiger partial charge in [-0.05, 0) is 25.1 Å². The SMILES string of the molecule is CCOc1cc(F)c(Cn2nc(-c3nc(N)c(OC)c(Nc4ccncc4)n3)c3ccccc32)c(F)c1. The summed E-state index contributed by atoms with van der Waals surface area (Å²) < 4.78 is 41.8. The van der Waals surface area contributed by atoms with Gasteiger partial charge in [0.1, 0.15) is 23.1 Å². The number of nitrogens with zero attached hydrogens (tertiary/aromatic N) is 5. The number of methoxy groups -OCH3 is 1. The van der Waals surface area contributed by atoms with Crippen molar-refractivity contribution in [2.45, 2.75) is 13.5 Å². The topological polar surface area (TPSA) is 113 Å². The van der Waals surface area contributed by atoms with E-state index >= 15 is 0 Å². The molecule has 3 heterocycles. The third kappa shape index (κ3) is 4.70. The molecule has 37 heavy (non-hydrogen) atoms. The van der Waals surface area contributed by atoms with Gasteiger partial charge < -0.3 is 20.5 Å². The Hall–Kier alpha value is -4.80. The first-order chi connectivity index (χ1) is 18.0. The first-order valence-corrected chi connectivity index (χ1v) is 11.4. The molecular formula is C26H23F2N7O2. The summed E-state index contributed by atoms with van der Waals surface area (Å²) in [6.07, 6.45) is 3.27. The molecule has 0 saturated heterocycles. The van der Waals surface area contributed by atoms with Crippen LogP contribution in [0.4, 0.5) is 26.1 Å². The van der Waals surface area contributed by atoms with Crippen molar-refractivity contribution in [3.05, 3.63) is 78.1 Å². The Morgan fingerprint density at radius 3 is 2.46 bits per heavy atom. The number of rotatable bonds is 8. The smallest absolute Gasteiger partial charge is 0.204 e. The molecule has 3 aromatic heterocycles. The molecule has 0 atom stereocenters. The van der Waals surface area contributed by atoms with Gasteiger partial charge in [-0.3, -0.25) is 9.67 Å². The number of benzene rings is 2. The molecular weight excluding hydrogens is 480 g/mol. The van der Waals surface area contributed by atoms with E-state index in [1.807, 2.05) is 18.2 Å². The number of hydrogen-bond donors (Lipinski definition) is 2. The molecule has 5 rings (SSSR count). The summed E-state index contributed by atoms with van der Waals surface area (Å²) in [5.74, 6) is -0.398. The van der Waals surface area contributed by atoms with Crippen molar-refractivity contribution < 1.29 is 18.3 Å². The number of nitrogens with two attached hydrogens (primary N) is 1. The molecule has 0 fully saturated rings. The number of aromatic nitrogens is 5. The van der Waals surface area contributed by atoms with Crippen LogP contribution >= 0.6 is 0 Å². The predicted molar refractivity (Wildman–Crippen MR) is 136 cm³/mol. The molecule has 11 heteroatoms. The van der Waals surface area contributed by atoms with Crippen LogP contribution in [-0.2, 0) is 6.54 Å². The zero-order chi connectivity index (χ0) is 25.9. The van der Waals surface area contributed by atoms with E-state index < -0.39 is 11.6 Å². The summed E-state index contributed by atoms with van der Waals surface area (Å²) in [7, 11) is 1.47. The van der Waals surface area contributed by atoms with Gasteiger partial charge in [0.25, 0.3) is 0 Å². The predicted octanol–water partition coefficient (Wildman–Crippen LogP) is 4.95. The molecule has 9 nitrogen and oxygen atoms in total. The Kier molecular flexibility index (Phi) is 6.50. The van der Waals surface area contributed by atoms with Crippen molar-refractivity contribution in [2.75, 3.05) is 24.8 Å². The maximum absolute atomic E-state index is 14.8. The summed E-state index contributed by atoms with van der Waals surface area (Å²) in [5, 5.41) is 8.48. The number of pyridine rings is 1. The van der Waals surface area contributed by atoms with Crippen LogP contribution in [0.5, 0.6) is 11.5 Å². The van der Waals surface area contributed by atoms with Gasteiger partial charge in [-0.25, -0.2) is 18.7 Å². The lowest BCUT2D eigenvalue weighted by Crippen LogP contribution is -2.08. The van der Waals surface area contributed by atoms with Gasteiger partial charge in [0.05, 0.1) is 25.8 Å². The highest BCUT2D eigenvalue weighted by molar-refractivity contribution is 5.92. The zero-order valence-corrected chi connectivity index (χ0v) is 20.1. The van der Waals surface area contributed by atoms with Crippen molar-refractivity contribution in [3.63, 3.8) is 0 Å². The first kappa shape index (κ1) is 23.9. The van der Waals surface area contributed by atoms with Crippen LogP contribution in [-0.4, -0.2) is 38.4 Å². The van der Waals surface area contributed by atoms with Gasteiger partial charge in [0.15, 0.2) is 17.5 Å². The highest BCUT2D eigenvalue weighted by atomic mass is 19.1. The number of halogens is 2. The molecule has 0 aliphatic carbocycles. The molecule has 0 spiro atoms. The lowest BCUT2D eigenvalue weighted by molar-refractivity contribution is 0.335. The average molecular weight is 504 g/mol. The maximum atomic E-state index is 14.8. The van der Waals surface area contributed by atoms with Crippen molar-refractivity contribution >= 4 is 28.2 Å². The third-order valence-corrected chi connectivity index (χ3v) is 5.64. The second-order valence-corrected chi connectivity index (χ2v) is 8.00. The molecule has 5 aromatic rings. The van der Waals surface area contributed by atoms with Gasteiger partial charge in [0, 0.05) is 41.2 Å². The molecule has 0 unspecified atom stereocenters. The van der Waals surface area contributed by atoms with E-state index in [1.54, 1.807) is 37.5 Å². The third-order valence-electron chi connectivity index (χ3n) is 5.64. The highest BCUT2D eigenvalue weighted by Crippen LogP contribution is 2.35. The fourth-order valence-corrected chi connectivity index (χ4v) is 3.98. The van der Waals surface area contributed by atoms with Crippen molar-refractivity contribution in [2.24, 2.45) is 0 Å². The molecule has 3 N–H and O–H groups in total. The molecule has 0 aliphatic heterocycles. The van der Waals surface area contributed by atoms with Crippen LogP contribution < -0.4 is 20.5 Å². The van der Waals surface area contributed by atoms with Crippen molar-refractivity contribution in [1.29, 1.82) is 0 Å². The molecule has 0 amide bonds. The summed E-state index contributed by atoms with van der Waals surface area (Å²) in [6.45, 7) is 1.89. The minimum atomic E-state index is -0.724. The molecule has 0 saturated carbocycles. The minimum absolute atomic E-state index is 0.103. The number of fused-ring (bicyclic) bond motifs is 1. The van der Waals surface area contributed by atoms with E-state index in [0.29, 0.717) is 34.7 Å². The number of para-hydroxylation sites is 1. The second-order valence-electron chi connectivity index (χ2n) is 8.00. The van der Waals surface area contributed by atoms with Crippen LogP contribution in [0.2, 0.25) is 0 Å². The van der Waals surface area contributed by atoms with Crippen LogP contribution in [0.1, 0.15) is 12.5 Å². The van der Waals surface area contributed by atoms with E-state index in [1.165, 1.54) is 23.9 Å².